The molecule has 5 aromatic carbocycles. The fraction of sp³-hybridized carbons (Fsp3) is 0.340. The van der Waals surface area contributed by atoms with Gasteiger partial charge in [-0.25, -0.2) is 0 Å². The Morgan fingerprint density at radius 3 is 1.81 bits per heavy atom. The maximum atomic E-state index is 2.79. The first kappa shape index (κ1) is 41.0. The molecule has 0 nitrogen and oxygen atoms in total. The Bertz CT molecular complexity index is 2320. The van der Waals surface area contributed by atoms with Crippen LogP contribution in [0, 0.1) is 32.6 Å². The van der Waals surface area contributed by atoms with Crippen LogP contribution in [0.5, 0.6) is 0 Å². The molecule has 0 aromatic heterocycles. The number of rotatable bonds is 5. The van der Waals surface area contributed by atoms with Gasteiger partial charge in [-0.1, -0.05) is 0 Å². The summed E-state index contributed by atoms with van der Waals surface area (Å²) in [6, 6.07) is 35.3. The van der Waals surface area contributed by atoms with E-state index < -0.39 is 29.3 Å². The molecule has 0 amide bonds. The molecule has 0 N–H and O–H groups in total. The normalized spacial score (nSPS) is 22.5. The van der Waals surface area contributed by atoms with Crippen LogP contribution < -0.4 is 24.8 Å². The summed E-state index contributed by atoms with van der Waals surface area (Å²) >= 11 is -2.98. The van der Waals surface area contributed by atoms with Crippen molar-refractivity contribution in [3.05, 3.63) is 162 Å². The van der Waals surface area contributed by atoms with Crippen molar-refractivity contribution in [3.63, 3.8) is 0 Å². The standard InChI is InChI=1S/C29H33.C13H10.C8H13Si.2ClH.Zr/c1-14-13-24-25(18(5)15(14)2)21(8)28-27-20(7)17(4)16(3)19(6)26(27)22-11-9-10-12-23(22)29(24)28;1-3-7-12(8-4-1)11-13-9-5-2-6-10-13;1-9(2,3)8-6-4-5-7-8;;;/h9-13,16-17,19,21H,1-8H3;1-10H;6-7H,4H2,1-3H3;2*1H;/q;;;;;+2/p-2. The summed E-state index contributed by atoms with van der Waals surface area (Å²) in [7, 11) is -1.51. The summed E-state index contributed by atoms with van der Waals surface area (Å²) in [5.74, 6) is 1.90. The van der Waals surface area contributed by atoms with Gasteiger partial charge in [0.25, 0.3) is 0 Å². The van der Waals surface area contributed by atoms with Gasteiger partial charge < -0.3 is 24.8 Å². The second kappa shape index (κ2) is 15.0. The third kappa shape index (κ3) is 6.13. The molecule has 54 heavy (non-hydrogen) atoms. The van der Waals surface area contributed by atoms with E-state index in [1.54, 1.807) is 33.9 Å². The summed E-state index contributed by atoms with van der Waals surface area (Å²) in [4.78, 5) is 0. The Balaban J connectivity index is 0.00000249. The van der Waals surface area contributed by atoms with Crippen LogP contribution in [0.25, 0.3) is 21.9 Å². The molecular formula is C50H56Cl2SiZr. The Morgan fingerprint density at radius 2 is 1.26 bits per heavy atom. The van der Waals surface area contributed by atoms with Crippen LogP contribution in [0.4, 0.5) is 0 Å². The van der Waals surface area contributed by atoms with Crippen molar-refractivity contribution in [1.29, 1.82) is 0 Å². The van der Waals surface area contributed by atoms with Gasteiger partial charge in [0.15, 0.2) is 0 Å². The van der Waals surface area contributed by atoms with Crippen LogP contribution in [0.2, 0.25) is 19.6 Å². The van der Waals surface area contributed by atoms with Crippen molar-refractivity contribution in [2.24, 2.45) is 11.8 Å². The van der Waals surface area contributed by atoms with E-state index in [0.717, 1.165) is 6.42 Å². The second-order valence-corrected chi connectivity index (χ2v) is 29.9. The molecule has 278 valence electrons. The van der Waals surface area contributed by atoms with E-state index in [1.807, 2.05) is 0 Å². The summed E-state index contributed by atoms with van der Waals surface area (Å²) in [6.45, 7) is 27.8. The van der Waals surface area contributed by atoms with Crippen LogP contribution in [0.3, 0.4) is 0 Å². The number of hydrogen-bond donors (Lipinski definition) is 0. The van der Waals surface area contributed by atoms with E-state index in [2.05, 4.69) is 178 Å². The summed E-state index contributed by atoms with van der Waals surface area (Å²) in [6.07, 6.45) is 6.53. The predicted octanol–water partition coefficient (Wildman–Crippen LogP) is 7.49. The second-order valence-electron chi connectivity index (χ2n) is 17.7. The molecule has 5 atom stereocenters. The van der Waals surface area contributed by atoms with E-state index in [9.17, 15) is 0 Å². The minimum absolute atomic E-state index is 0. The monoisotopic (exact) mass is 844 g/mol. The van der Waals surface area contributed by atoms with Crippen LogP contribution in [-0.2, 0) is 24.4 Å². The van der Waals surface area contributed by atoms with Crippen molar-refractivity contribution < 1.29 is 46.1 Å². The fourth-order valence-corrected chi connectivity index (χ4v) is 22.8. The number of fused-ring (bicyclic) bond motifs is 8. The number of benzene rings is 5. The van der Waals surface area contributed by atoms with Gasteiger partial charge in [0.2, 0.25) is 0 Å². The van der Waals surface area contributed by atoms with Crippen LogP contribution >= 0.6 is 0 Å². The average molecular weight is 847 g/mol. The summed E-state index contributed by atoms with van der Waals surface area (Å²) < 4.78 is 3.48. The molecule has 0 heterocycles. The minimum Gasteiger partial charge on any atom is -1.00 e. The zero-order chi connectivity index (χ0) is 36.9. The van der Waals surface area contributed by atoms with Gasteiger partial charge in [0, 0.05) is 0 Å². The molecule has 0 spiro atoms. The molecule has 5 aromatic rings. The Morgan fingerprint density at radius 1 is 0.704 bits per heavy atom. The molecule has 0 bridgehead atoms. The van der Waals surface area contributed by atoms with Crippen LogP contribution in [0.1, 0.15) is 103 Å². The Kier molecular flexibility index (Phi) is 11.4. The van der Waals surface area contributed by atoms with Gasteiger partial charge in [-0.15, -0.1) is 0 Å². The van der Waals surface area contributed by atoms with E-state index in [1.165, 1.54) is 49.7 Å². The van der Waals surface area contributed by atoms with Gasteiger partial charge in [0.1, 0.15) is 0 Å². The molecule has 0 saturated carbocycles. The van der Waals surface area contributed by atoms with E-state index in [0.29, 0.717) is 23.7 Å². The number of allylic oxidation sites excluding steroid dienone is 4. The Hall–Kier alpha value is -2.61. The fourth-order valence-electron chi connectivity index (χ4n) is 10.7. The maximum absolute atomic E-state index is 2.98. The zero-order valence-electron chi connectivity index (χ0n) is 34.1. The topological polar surface area (TPSA) is 0 Å². The largest absolute Gasteiger partial charge is 1.00 e. The maximum Gasteiger partial charge on any atom is -1.00 e. The van der Waals surface area contributed by atoms with E-state index >= 15 is 0 Å². The number of aryl methyl sites for hydroxylation is 1. The zero-order valence-corrected chi connectivity index (χ0v) is 39.1. The first-order valence-corrected chi connectivity index (χ1v) is 26.9. The third-order valence-corrected chi connectivity index (χ3v) is 25.5. The third-order valence-electron chi connectivity index (χ3n) is 14.1. The molecule has 0 saturated heterocycles. The molecule has 8 rings (SSSR count). The molecular weight excluding hydrogens is 791 g/mol. The van der Waals surface area contributed by atoms with Crippen molar-refractivity contribution in [3.8, 4) is 11.1 Å². The van der Waals surface area contributed by atoms with Crippen molar-refractivity contribution in [1.82, 2.24) is 0 Å². The SMILES string of the molecule is Cc1cc2c(c(C)c1C)C(C)c1c3c(c4ccccc4c1-2)C(C)C(C)C(C)[C]3(C)[Zr+2]([C]1=CC([Si](C)(C)C)=CC1)=[C](c1ccccc1)c1ccccc1.[Cl-].[Cl-]. The summed E-state index contributed by atoms with van der Waals surface area (Å²) in [5, 5.41) is 4.61. The van der Waals surface area contributed by atoms with Crippen LogP contribution in [0.15, 0.2) is 112 Å². The quantitative estimate of drug-likeness (QED) is 0.161. The minimum atomic E-state index is -2.98. The van der Waals surface area contributed by atoms with Gasteiger partial charge >= 0.3 is 324 Å². The summed E-state index contributed by atoms with van der Waals surface area (Å²) in [5.41, 5.74) is 16.9. The average Bonchev–Trinajstić information content (AvgIpc) is 3.75. The molecule has 3 aliphatic rings. The van der Waals surface area contributed by atoms with Gasteiger partial charge in [-0.2, -0.15) is 0 Å². The molecule has 5 unspecified atom stereocenters. The van der Waals surface area contributed by atoms with Gasteiger partial charge in [-0.05, 0) is 0 Å². The smallest absolute Gasteiger partial charge is 1.00 e. The van der Waals surface area contributed by atoms with Crippen molar-refractivity contribution in [2.75, 3.05) is 0 Å². The molecule has 0 radical (unpaired) electrons. The van der Waals surface area contributed by atoms with Crippen molar-refractivity contribution in [2.45, 2.75) is 96.4 Å². The molecule has 3 aliphatic carbocycles. The Labute approximate surface area is 346 Å². The molecule has 0 aliphatic heterocycles. The van der Waals surface area contributed by atoms with E-state index in [4.69, 9.17) is 0 Å². The first-order valence-electron chi connectivity index (χ1n) is 19.7. The van der Waals surface area contributed by atoms with E-state index in [-0.39, 0.29) is 27.9 Å². The number of halogens is 2. The molecule has 0 fully saturated rings. The van der Waals surface area contributed by atoms with Crippen molar-refractivity contribution >= 4 is 22.1 Å². The number of hydrogen-bond acceptors (Lipinski definition) is 0. The first-order chi connectivity index (χ1) is 24.8. The predicted molar refractivity (Wildman–Crippen MR) is 225 cm³/mol. The van der Waals surface area contributed by atoms with Crippen LogP contribution in [-0.4, -0.2) is 11.3 Å². The van der Waals surface area contributed by atoms with Gasteiger partial charge in [-0.3, -0.25) is 0 Å². The molecule has 4 heteroatoms. The van der Waals surface area contributed by atoms with Gasteiger partial charge in [0.05, 0.1) is 0 Å².